The number of fused-ring (bicyclic) bond motifs is 3. The molecule has 2 aromatic heterocycles. The van der Waals surface area contributed by atoms with Crippen LogP contribution in [0.25, 0.3) is 21.4 Å². The molecule has 0 radical (unpaired) electrons. The number of aromatic nitrogens is 1. The Hall–Kier alpha value is -1.39. The monoisotopic (exact) mass is 218 g/mol. The molecule has 4 heteroatoms. The zero-order chi connectivity index (χ0) is 10.3. The molecule has 0 aliphatic rings. The van der Waals surface area contributed by atoms with Gasteiger partial charge in [-0.3, -0.25) is 0 Å². The Labute approximate surface area is 90.5 Å². The van der Waals surface area contributed by atoms with Crippen LogP contribution in [0, 0.1) is 0 Å². The molecule has 3 rings (SSSR count). The van der Waals surface area contributed by atoms with Crippen LogP contribution in [0.4, 0.5) is 0 Å². The van der Waals surface area contributed by atoms with Crippen molar-refractivity contribution in [3.05, 3.63) is 29.3 Å². The van der Waals surface area contributed by atoms with E-state index in [0.29, 0.717) is 6.54 Å². The van der Waals surface area contributed by atoms with Gasteiger partial charge in [-0.25, -0.2) is 4.98 Å². The summed E-state index contributed by atoms with van der Waals surface area (Å²) in [5, 5.41) is 2.20. The van der Waals surface area contributed by atoms with Crippen LogP contribution in [-0.4, -0.2) is 11.5 Å². The normalized spacial score (nSPS) is 11.5. The fraction of sp³-hybridized carbons (Fsp3) is 0.182. The van der Waals surface area contributed by atoms with Gasteiger partial charge < -0.3 is 10.2 Å². The fourth-order valence-electron chi connectivity index (χ4n) is 1.67. The average Bonchev–Trinajstić information content (AvgIpc) is 2.75. The van der Waals surface area contributed by atoms with Crippen LogP contribution < -0.4 is 5.73 Å². The largest absolute Gasteiger partial charge is 0.437 e. The van der Waals surface area contributed by atoms with Gasteiger partial charge >= 0.3 is 0 Å². The lowest BCUT2D eigenvalue weighted by Gasteiger charge is -1.88. The van der Waals surface area contributed by atoms with Crippen LogP contribution >= 0.6 is 11.3 Å². The number of furan rings is 1. The molecule has 0 unspecified atom stereocenters. The molecule has 2 heterocycles. The highest BCUT2D eigenvalue weighted by atomic mass is 32.1. The first-order valence-corrected chi connectivity index (χ1v) is 5.67. The van der Waals surface area contributed by atoms with E-state index in [0.717, 1.165) is 32.8 Å². The van der Waals surface area contributed by atoms with Gasteiger partial charge in [0.2, 0.25) is 5.71 Å². The third kappa shape index (κ3) is 1.33. The minimum Gasteiger partial charge on any atom is -0.437 e. The molecule has 0 atom stereocenters. The van der Waals surface area contributed by atoms with Crippen LogP contribution in [0.5, 0.6) is 0 Å². The second kappa shape index (κ2) is 3.32. The number of hydrogen-bond acceptors (Lipinski definition) is 4. The van der Waals surface area contributed by atoms with E-state index in [1.165, 1.54) is 0 Å². The van der Waals surface area contributed by atoms with Crippen molar-refractivity contribution in [2.45, 2.75) is 6.42 Å². The molecule has 15 heavy (non-hydrogen) atoms. The van der Waals surface area contributed by atoms with E-state index in [-0.39, 0.29) is 0 Å². The molecule has 1 aromatic carbocycles. The molecule has 0 spiro atoms. The first-order chi connectivity index (χ1) is 7.38. The number of para-hydroxylation sites is 1. The van der Waals surface area contributed by atoms with Crippen LogP contribution in [0.1, 0.15) is 5.01 Å². The molecule has 76 valence electrons. The summed E-state index contributed by atoms with van der Waals surface area (Å²) in [5.41, 5.74) is 7.15. The third-order valence-electron chi connectivity index (χ3n) is 2.34. The Balaban J connectivity index is 2.28. The number of benzene rings is 1. The van der Waals surface area contributed by atoms with Crippen molar-refractivity contribution < 1.29 is 4.42 Å². The van der Waals surface area contributed by atoms with Crippen molar-refractivity contribution >= 4 is 32.7 Å². The first-order valence-electron chi connectivity index (χ1n) is 4.85. The standard InChI is InChI=1S/C11H10N2OS/c12-6-5-9-13-11-10(15-9)7-3-1-2-4-8(7)14-11/h1-4H,5-6,12H2. The molecular weight excluding hydrogens is 208 g/mol. The molecule has 0 fully saturated rings. The third-order valence-corrected chi connectivity index (χ3v) is 3.47. The summed E-state index contributed by atoms with van der Waals surface area (Å²) in [6.07, 6.45) is 0.823. The lowest BCUT2D eigenvalue weighted by Crippen LogP contribution is -2.01. The molecule has 2 N–H and O–H groups in total. The van der Waals surface area contributed by atoms with Crippen molar-refractivity contribution in [1.82, 2.24) is 4.98 Å². The number of nitrogens with zero attached hydrogens (tertiary/aromatic N) is 1. The molecule has 0 saturated heterocycles. The molecule has 0 saturated carbocycles. The number of nitrogens with two attached hydrogens (primary N) is 1. The summed E-state index contributed by atoms with van der Waals surface area (Å²) < 4.78 is 6.77. The van der Waals surface area contributed by atoms with Crippen molar-refractivity contribution in [1.29, 1.82) is 0 Å². The molecule has 3 nitrogen and oxygen atoms in total. The van der Waals surface area contributed by atoms with Gasteiger partial charge in [0.25, 0.3) is 0 Å². The molecule has 3 aromatic rings. The van der Waals surface area contributed by atoms with Gasteiger partial charge in [-0.15, -0.1) is 11.3 Å². The topological polar surface area (TPSA) is 52.0 Å². The van der Waals surface area contributed by atoms with E-state index in [1.807, 2.05) is 18.2 Å². The predicted octanol–water partition coefficient (Wildman–Crippen LogP) is 2.54. The highest BCUT2D eigenvalue weighted by molar-refractivity contribution is 7.19. The lowest BCUT2D eigenvalue weighted by molar-refractivity contribution is 0.653. The van der Waals surface area contributed by atoms with Crippen LogP contribution in [-0.2, 0) is 6.42 Å². The van der Waals surface area contributed by atoms with Crippen molar-refractivity contribution in [2.75, 3.05) is 6.54 Å². The SMILES string of the molecule is NCCc1nc2oc3ccccc3c2s1. The second-order valence-corrected chi connectivity index (χ2v) is 4.46. The van der Waals surface area contributed by atoms with Gasteiger partial charge in [-0.05, 0) is 18.7 Å². The lowest BCUT2D eigenvalue weighted by atomic mass is 10.3. The van der Waals surface area contributed by atoms with Crippen molar-refractivity contribution in [2.24, 2.45) is 5.73 Å². The van der Waals surface area contributed by atoms with Crippen molar-refractivity contribution in [3.63, 3.8) is 0 Å². The smallest absolute Gasteiger partial charge is 0.238 e. The summed E-state index contributed by atoms with van der Waals surface area (Å²) in [6.45, 7) is 0.633. The molecule has 0 amide bonds. The fourth-order valence-corrected chi connectivity index (χ4v) is 2.70. The van der Waals surface area contributed by atoms with Crippen LogP contribution in [0.15, 0.2) is 28.7 Å². The van der Waals surface area contributed by atoms with E-state index < -0.39 is 0 Å². The minimum absolute atomic E-state index is 0.633. The Morgan fingerprint density at radius 1 is 1.33 bits per heavy atom. The number of rotatable bonds is 2. The van der Waals surface area contributed by atoms with Gasteiger partial charge in [0.15, 0.2) is 0 Å². The van der Waals surface area contributed by atoms with Crippen molar-refractivity contribution in [3.8, 4) is 0 Å². The Morgan fingerprint density at radius 3 is 3.07 bits per heavy atom. The Bertz CT molecular complexity index is 611. The van der Waals surface area contributed by atoms with E-state index in [2.05, 4.69) is 11.1 Å². The molecule has 0 aliphatic heterocycles. The van der Waals surface area contributed by atoms with E-state index >= 15 is 0 Å². The summed E-state index contributed by atoms with van der Waals surface area (Å²) in [4.78, 5) is 4.41. The summed E-state index contributed by atoms with van der Waals surface area (Å²) in [5.74, 6) is 0. The van der Waals surface area contributed by atoms with Gasteiger partial charge in [-0.2, -0.15) is 0 Å². The van der Waals surface area contributed by atoms with Crippen LogP contribution in [0.3, 0.4) is 0 Å². The first kappa shape index (κ1) is 8.88. The zero-order valence-electron chi connectivity index (χ0n) is 8.06. The van der Waals surface area contributed by atoms with E-state index in [9.17, 15) is 0 Å². The molecule has 0 bridgehead atoms. The number of hydrogen-bond donors (Lipinski definition) is 1. The summed E-state index contributed by atoms with van der Waals surface area (Å²) in [7, 11) is 0. The second-order valence-electron chi connectivity index (χ2n) is 3.38. The number of thiazole rings is 1. The van der Waals surface area contributed by atoms with Gasteiger partial charge in [0, 0.05) is 11.8 Å². The maximum atomic E-state index is 5.64. The van der Waals surface area contributed by atoms with Gasteiger partial charge in [0.1, 0.15) is 10.3 Å². The summed E-state index contributed by atoms with van der Waals surface area (Å²) in [6, 6.07) is 8.01. The summed E-state index contributed by atoms with van der Waals surface area (Å²) >= 11 is 1.67. The molecule has 0 aliphatic carbocycles. The highest BCUT2D eigenvalue weighted by Crippen LogP contribution is 2.32. The van der Waals surface area contributed by atoms with Gasteiger partial charge in [0.05, 0.1) is 5.01 Å². The average molecular weight is 218 g/mol. The predicted molar refractivity (Wildman–Crippen MR) is 62.2 cm³/mol. The Morgan fingerprint density at radius 2 is 2.20 bits per heavy atom. The molecular formula is C11H10N2OS. The van der Waals surface area contributed by atoms with E-state index in [4.69, 9.17) is 10.2 Å². The van der Waals surface area contributed by atoms with E-state index in [1.54, 1.807) is 11.3 Å². The maximum absolute atomic E-state index is 5.64. The van der Waals surface area contributed by atoms with Crippen LogP contribution in [0.2, 0.25) is 0 Å². The zero-order valence-corrected chi connectivity index (χ0v) is 8.88. The minimum atomic E-state index is 0.633. The quantitative estimate of drug-likeness (QED) is 0.719. The maximum Gasteiger partial charge on any atom is 0.238 e. The van der Waals surface area contributed by atoms with Gasteiger partial charge in [-0.1, -0.05) is 12.1 Å². The Kier molecular flexibility index (Phi) is 1.97. The highest BCUT2D eigenvalue weighted by Gasteiger charge is 2.11.